The first-order chi connectivity index (χ1) is 24.3. The van der Waals surface area contributed by atoms with Crippen LogP contribution in [0.3, 0.4) is 0 Å². The molecule has 0 unspecified atom stereocenters. The molecule has 0 saturated carbocycles. The van der Waals surface area contributed by atoms with Gasteiger partial charge in [0.05, 0.1) is 19.6 Å². The SMILES string of the molecule is CCCCP(CCCC)(CCCC)=C(C(=O)OCc1ccc(OC)cc1)N1C(=O)[C@@H](NC(=O)Cc2ccccc2)[C@H]1CCC(=O)[C@@H]1CCCO1. The third-order valence-corrected chi connectivity index (χ3v) is 14.7. The molecule has 9 nitrogen and oxygen atoms in total. The van der Waals surface area contributed by atoms with Gasteiger partial charge in [-0.2, -0.15) is 0 Å². The number of esters is 1. The average molecular weight is 709 g/mol. The number of ketones is 1. The minimum atomic E-state index is -2.22. The van der Waals surface area contributed by atoms with E-state index in [2.05, 4.69) is 26.1 Å². The van der Waals surface area contributed by atoms with E-state index >= 15 is 0 Å². The molecular formula is C40H57N2O7P. The number of nitrogens with one attached hydrogen (secondary N) is 1. The number of β-lactam (4-membered cyclic amide) rings is 1. The monoisotopic (exact) mass is 708 g/mol. The Labute approximate surface area is 298 Å². The van der Waals surface area contributed by atoms with Gasteiger partial charge < -0.3 is 19.5 Å². The number of benzene rings is 2. The molecule has 0 spiro atoms. The molecular weight excluding hydrogens is 651 g/mol. The number of carbonyl (C=O) groups is 4. The fourth-order valence-electron chi connectivity index (χ4n) is 7.04. The lowest BCUT2D eigenvalue weighted by Gasteiger charge is -2.50. The number of nitrogens with zero attached hydrogens (tertiary/aromatic N) is 1. The third kappa shape index (κ3) is 10.3. The fourth-order valence-corrected chi connectivity index (χ4v) is 12.3. The van der Waals surface area contributed by atoms with Crippen molar-refractivity contribution in [1.82, 2.24) is 10.2 Å². The minimum absolute atomic E-state index is 0.00352. The Morgan fingerprint density at radius 3 is 2.10 bits per heavy atom. The lowest BCUT2D eigenvalue weighted by atomic mass is 9.89. The lowest BCUT2D eigenvalue weighted by Crippen LogP contribution is -2.73. The van der Waals surface area contributed by atoms with Crippen LogP contribution in [-0.2, 0) is 41.7 Å². The van der Waals surface area contributed by atoms with Crippen molar-refractivity contribution in [1.29, 1.82) is 0 Å². The Kier molecular flexibility index (Phi) is 15.6. The van der Waals surface area contributed by atoms with Gasteiger partial charge in [0, 0.05) is 13.0 Å². The van der Waals surface area contributed by atoms with E-state index in [4.69, 9.17) is 14.2 Å². The smallest absolute Gasteiger partial charge is 0.355 e. The van der Waals surface area contributed by atoms with Gasteiger partial charge in [-0.15, -0.1) is 0 Å². The molecule has 2 heterocycles. The van der Waals surface area contributed by atoms with Gasteiger partial charge in [-0.3, -0.25) is 19.3 Å². The van der Waals surface area contributed by atoms with Crippen molar-refractivity contribution in [2.45, 2.75) is 116 Å². The summed E-state index contributed by atoms with van der Waals surface area (Å²) in [5, 5.41) is 2.99. The summed E-state index contributed by atoms with van der Waals surface area (Å²) in [5.41, 5.74) is 2.16. The van der Waals surface area contributed by atoms with Gasteiger partial charge in [0.1, 0.15) is 29.9 Å². The number of hydrogen-bond acceptors (Lipinski definition) is 7. The third-order valence-electron chi connectivity index (χ3n) is 9.93. The summed E-state index contributed by atoms with van der Waals surface area (Å²) in [6.45, 7) is 4.87. The Balaban J connectivity index is 1.74. The zero-order valence-electron chi connectivity index (χ0n) is 30.5. The molecule has 1 N–H and O–H groups in total. The lowest BCUT2D eigenvalue weighted by molar-refractivity contribution is -0.150. The Bertz CT molecular complexity index is 1440. The van der Waals surface area contributed by atoms with Gasteiger partial charge in [0.15, 0.2) is 5.78 Å². The maximum Gasteiger partial charge on any atom is 0.355 e. The molecule has 274 valence electrons. The highest BCUT2D eigenvalue weighted by Gasteiger charge is 2.53. The molecule has 0 aromatic heterocycles. The number of ether oxygens (including phenoxy) is 3. The molecule has 2 aromatic carbocycles. The molecule has 2 saturated heterocycles. The molecule has 2 aliphatic rings. The van der Waals surface area contributed by atoms with E-state index < -0.39 is 31.0 Å². The molecule has 2 aromatic rings. The number of likely N-dealkylation sites (tertiary alicyclic amines) is 1. The summed E-state index contributed by atoms with van der Waals surface area (Å²) in [5.74, 6) is -0.314. The highest BCUT2D eigenvalue weighted by Crippen LogP contribution is 2.54. The van der Waals surface area contributed by atoms with Crippen LogP contribution >= 0.6 is 6.89 Å². The molecule has 3 atom stereocenters. The van der Waals surface area contributed by atoms with Crippen LogP contribution < -0.4 is 10.1 Å². The molecule has 0 bridgehead atoms. The molecule has 2 fully saturated rings. The first-order valence-corrected chi connectivity index (χ1v) is 21.0. The van der Waals surface area contributed by atoms with Crippen molar-refractivity contribution >= 4 is 35.9 Å². The summed E-state index contributed by atoms with van der Waals surface area (Å²) >= 11 is 0. The average Bonchev–Trinajstić information content (AvgIpc) is 3.69. The van der Waals surface area contributed by atoms with E-state index in [0.717, 1.165) is 74.6 Å². The highest BCUT2D eigenvalue weighted by atomic mass is 31.2. The van der Waals surface area contributed by atoms with Crippen molar-refractivity contribution < 1.29 is 33.4 Å². The molecule has 2 aliphatic heterocycles. The molecule has 2 amide bonds. The van der Waals surface area contributed by atoms with Gasteiger partial charge in [-0.05, 0) is 80.3 Å². The largest absolute Gasteiger partial charge is 0.497 e. The van der Waals surface area contributed by atoms with Gasteiger partial charge in [0.2, 0.25) is 5.91 Å². The van der Waals surface area contributed by atoms with Crippen LogP contribution in [-0.4, -0.2) is 84.3 Å². The first-order valence-electron chi connectivity index (χ1n) is 18.6. The van der Waals surface area contributed by atoms with E-state index in [1.807, 2.05) is 54.6 Å². The number of methoxy groups -OCH3 is 1. The van der Waals surface area contributed by atoms with Crippen LogP contribution in [0.2, 0.25) is 0 Å². The van der Waals surface area contributed by atoms with Crippen LogP contribution in [0.1, 0.15) is 96.1 Å². The van der Waals surface area contributed by atoms with Crippen molar-refractivity contribution in [2.75, 3.05) is 32.2 Å². The summed E-state index contributed by atoms with van der Waals surface area (Å²) in [6.07, 6.45) is 10.1. The van der Waals surface area contributed by atoms with Crippen molar-refractivity contribution in [3.05, 3.63) is 65.7 Å². The van der Waals surface area contributed by atoms with Crippen LogP contribution in [0, 0.1) is 0 Å². The first kappa shape index (κ1) is 39.4. The van der Waals surface area contributed by atoms with Gasteiger partial charge >= 0.3 is 5.97 Å². The maximum absolute atomic E-state index is 14.6. The molecule has 50 heavy (non-hydrogen) atoms. The number of carbonyl (C=O) groups excluding carboxylic acids is 4. The quantitative estimate of drug-likeness (QED) is 0.0868. The normalized spacial score (nSPS) is 18.8. The predicted octanol–water partition coefficient (Wildman–Crippen LogP) is 6.75. The second-order valence-corrected chi connectivity index (χ2v) is 17.7. The summed E-state index contributed by atoms with van der Waals surface area (Å²) in [4.78, 5) is 57.2. The zero-order chi connectivity index (χ0) is 35.9. The Morgan fingerprint density at radius 2 is 1.54 bits per heavy atom. The highest BCUT2D eigenvalue weighted by molar-refractivity contribution is 7.77. The second-order valence-electron chi connectivity index (χ2n) is 13.6. The van der Waals surface area contributed by atoms with Crippen molar-refractivity contribution in [3.63, 3.8) is 0 Å². The summed E-state index contributed by atoms with van der Waals surface area (Å²) in [7, 11) is 1.61. The van der Waals surface area contributed by atoms with Crippen LogP contribution in [0.25, 0.3) is 0 Å². The van der Waals surface area contributed by atoms with Gasteiger partial charge in [-0.1, -0.05) is 89.4 Å². The number of hydrogen-bond donors (Lipinski definition) is 1. The number of Topliss-reactive ketones (excluding diaryl/α,β-unsaturated/α-hetero) is 1. The van der Waals surface area contributed by atoms with E-state index in [0.29, 0.717) is 30.6 Å². The van der Waals surface area contributed by atoms with Gasteiger partial charge in [-0.25, -0.2) is 4.79 Å². The van der Waals surface area contributed by atoms with Crippen molar-refractivity contribution in [2.24, 2.45) is 0 Å². The van der Waals surface area contributed by atoms with Crippen LogP contribution in [0.15, 0.2) is 54.6 Å². The van der Waals surface area contributed by atoms with Gasteiger partial charge in [0.25, 0.3) is 5.91 Å². The number of amides is 2. The van der Waals surface area contributed by atoms with Crippen LogP contribution in [0.4, 0.5) is 0 Å². The topological polar surface area (TPSA) is 111 Å². The molecule has 0 aliphatic carbocycles. The summed E-state index contributed by atoms with van der Waals surface area (Å²) < 4.78 is 17.1. The van der Waals surface area contributed by atoms with E-state index in [1.165, 1.54) is 0 Å². The maximum atomic E-state index is 14.6. The fraction of sp³-hybridized carbons (Fsp3) is 0.575. The van der Waals surface area contributed by atoms with Crippen molar-refractivity contribution in [3.8, 4) is 5.75 Å². The second kappa shape index (κ2) is 19.8. The van der Waals surface area contributed by atoms with E-state index in [1.54, 1.807) is 12.0 Å². The summed E-state index contributed by atoms with van der Waals surface area (Å²) in [6, 6.07) is 15.4. The molecule has 4 rings (SSSR count). The minimum Gasteiger partial charge on any atom is -0.497 e. The zero-order valence-corrected chi connectivity index (χ0v) is 31.4. The number of rotatable bonds is 21. The molecule has 10 heteroatoms. The predicted molar refractivity (Wildman–Crippen MR) is 200 cm³/mol. The number of unbranched alkanes of at least 4 members (excludes halogenated alkanes) is 3. The van der Waals surface area contributed by atoms with E-state index in [-0.39, 0.29) is 37.0 Å². The molecule has 0 radical (unpaired) electrons. The van der Waals surface area contributed by atoms with E-state index in [9.17, 15) is 19.2 Å². The Morgan fingerprint density at radius 1 is 0.900 bits per heavy atom. The van der Waals surface area contributed by atoms with Crippen LogP contribution in [0.5, 0.6) is 5.75 Å². The standard InChI is InChI=1S/C40H57N2O7P/c1-5-8-25-50(26-9-6-2,27-10-7-3)39(40(46)49-29-31-18-20-32(47-4)21-19-31)42-33(22-23-34(43)35-17-14-24-48-35)37(38(42)45)41-36(44)28-30-15-12-11-13-16-30/h11-13,15-16,18-21,33,35,37H,5-10,14,17,22-29H2,1-4H3,(H,41,44)/t33-,35+,37+/m1/s1. The Hall–Kier alpha value is -3.42.